The van der Waals surface area contributed by atoms with Crippen molar-refractivity contribution < 1.29 is 4.79 Å². The average molecular weight is 282 g/mol. The molecule has 2 aromatic rings. The quantitative estimate of drug-likeness (QED) is 0.854. The Morgan fingerprint density at radius 3 is 2.38 bits per heavy atom. The number of anilines is 2. The van der Waals surface area contributed by atoms with E-state index in [1.165, 1.54) is 5.56 Å². The number of carbonyl (C=O) groups excluding carboxylic acids is 1. The molecule has 0 spiro atoms. The Labute approximate surface area is 126 Å². The number of hydrogen-bond acceptors (Lipinski definition) is 2. The summed E-state index contributed by atoms with van der Waals surface area (Å²) in [5, 5.41) is 6.25. The van der Waals surface area contributed by atoms with Gasteiger partial charge in [-0.15, -0.1) is 0 Å². The lowest BCUT2D eigenvalue weighted by molar-refractivity contribution is 0.102. The maximum absolute atomic E-state index is 12.2. The highest BCUT2D eigenvalue weighted by molar-refractivity contribution is 6.04. The van der Waals surface area contributed by atoms with Gasteiger partial charge in [-0.1, -0.05) is 24.6 Å². The Morgan fingerprint density at radius 1 is 1.05 bits per heavy atom. The van der Waals surface area contributed by atoms with Crippen LogP contribution in [0.5, 0.6) is 0 Å². The molecule has 0 saturated carbocycles. The van der Waals surface area contributed by atoms with Gasteiger partial charge in [0, 0.05) is 23.5 Å². The van der Waals surface area contributed by atoms with E-state index >= 15 is 0 Å². The summed E-state index contributed by atoms with van der Waals surface area (Å²) >= 11 is 0. The fourth-order valence-electron chi connectivity index (χ4n) is 2.16. The summed E-state index contributed by atoms with van der Waals surface area (Å²) in [4.78, 5) is 12.2. The summed E-state index contributed by atoms with van der Waals surface area (Å²) in [6.07, 6.45) is 1.08. The number of aryl methyl sites for hydroxylation is 2. The van der Waals surface area contributed by atoms with Crippen molar-refractivity contribution >= 4 is 17.3 Å². The Kier molecular flexibility index (Phi) is 4.99. The third-order valence-electron chi connectivity index (χ3n) is 3.36. The lowest BCUT2D eigenvalue weighted by atomic mass is 10.1. The van der Waals surface area contributed by atoms with E-state index in [9.17, 15) is 4.79 Å². The fourth-order valence-corrected chi connectivity index (χ4v) is 2.16. The van der Waals surface area contributed by atoms with Crippen molar-refractivity contribution in [3.63, 3.8) is 0 Å². The van der Waals surface area contributed by atoms with E-state index in [4.69, 9.17) is 0 Å². The van der Waals surface area contributed by atoms with E-state index < -0.39 is 0 Å². The Hall–Kier alpha value is -2.29. The van der Waals surface area contributed by atoms with Crippen molar-refractivity contribution in [2.24, 2.45) is 0 Å². The van der Waals surface area contributed by atoms with E-state index in [1.54, 1.807) is 0 Å². The van der Waals surface area contributed by atoms with Crippen LogP contribution in [0.1, 0.15) is 34.8 Å². The molecular weight excluding hydrogens is 260 g/mol. The highest BCUT2D eigenvalue weighted by atomic mass is 16.1. The molecule has 21 heavy (non-hydrogen) atoms. The van der Waals surface area contributed by atoms with Gasteiger partial charge in [0.2, 0.25) is 0 Å². The first-order chi connectivity index (χ1) is 10.1. The lowest BCUT2D eigenvalue weighted by Crippen LogP contribution is -2.12. The summed E-state index contributed by atoms with van der Waals surface area (Å²) in [6, 6.07) is 13.6. The van der Waals surface area contributed by atoms with Crippen LogP contribution in [0.25, 0.3) is 0 Å². The van der Waals surface area contributed by atoms with Crippen molar-refractivity contribution in [3.05, 3.63) is 59.2 Å². The van der Waals surface area contributed by atoms with Crippen LogP contribution >= 0.6 is 0 Å². The Bertz CT molecular complexity index is 618. The molecular formula is C18H22N2O. The average Bonchev–Trinajstić information content (AvgIpc) is 2.48. The molecule has 0 aromatic heterocycles. The van der Waals surface area contributed by atoms with Crippen molar-refractivity contribution in [2.45, 2.75) is 27.2 Å². The molecule has 3 heteroatoms. The zero-order chi connectivity index (χ0) is 15.2. The van der Waals surface area contributed by atoms with Crippen LogP contribution in [0.3, 0.4) is 0 Å². The molecule has 0 bridgehead atoms. The largest absolute Gasteiger partial charge is 0.385 e. The van der Waals surface area contributed by atoms with Crippen LogP contribution < -0.4 is 10.6 Å². The van der Waals surface area contributed by atoms with Crippen LogP contribution in [0.15, 0.2) is 42.5 Å². The number of benzene rings is 2. The molecule has 0 fully saturated rings. The number of rotatable bonds is 5. The predicted molar refractivity (Wildman–Crippen MR) is 89.1 cm³/mol. The van der Waals surface area contributed by atoms with Gasteiger partial charge >= 0.3 is 0 Å². The molecule has 2 rings (SSSR count). The van der Waals surface area contributed by atoms with Gasteiger partial charge in [0.15, 0.2) is 0 Å². The number of nitrogens with one attached hydrogen (secondary N) is 2. The molecule has 0 atom stereocenters. The second-order valence-electron chi connectivity index (χ2n) is 5.28. The minimum absolute atomic E-state index is 0.0796. The molecule has 0 aliphatic carbocycles. The van der Waals surface area contributed by atoms with E-state index in [-0.39, 0.29) is 5.91 Å². The number of amides is 1. The van der Waals surface area contributed by atoms with E-state index in [2.05, 4.69) is 23.6 Å². The second kappa shape index (κ2) is 6.93. The van der Waals surface area contributed by atoms with Crippen molar-refractivity contribution in [1.82, 2.24) is 0 Å². The molecule has 2 aromatic carbocycles. The van der Waals surface area contributed by atoms with Crippen molar-refractivity contribution in [3.8, 4) is 0 Å². The van der Waals surface area contributed by atoms with Gasteiger partial charge < -0.3 is 10.6 Å². The molecule has 1 amide bonds. The lowest BCUT2D eigenvalue weighted by Gasteiger charge is -2.10. The van der Waals surface area contributed by atoms with E-state index in [0.717, 1.165) is 29.9 Å². The standard InChI is InChI=1S/C18H22N2O/c1-4-11-19-16-8-6-15(7-9-16)18(21)20-17-10-5-13(2)12-14(17)3/h5-10,12,19H,4,11H2,1-3H3,(H,20,21). The molecule has 0 radical (unpaired) electrons. The first-order valence-corrected chi connectivity index (χ1v) is 7.32. The monoisotopic (exact) mass is 282 g/mol. The topological polar surface area (TPSA) is 41.1 Å². The van der Waals surface area contributed by atoms with Crippen LogP contribution in [-0.2, 0) is 0 Å². The molecule has 0 unspecified atom stereocenters. The molecule has 0 aliphatic rings. The van der Waals surface area contributed by atoms with Crippen LogP contribution in [-0.4, -0.2) is 12.5 Å². The Morgan fingerprint density at radius 2 is 1.76 bits per heavy atom. The van der Waals surface area contributed by atoms with Crippen LogP contribution in [0.4, 0.5) is 11.4 Å². The van der Waals surface area contributed by atoms with E-state index in [0.29, 0.717) is 5.56 Å². The summed E-state index contributed by atoms with van der Waals surface area (Å²) in [5.41, 5.74) is 4.83. The number of hydrogen-bond donors (Lipinski definition) is 2. The molecule has 3 nitrogen and oxygen atoms in total. The zero-order valence-electron chi connectivity index (χ0n) is 12.9. The van der Waals surface area contributed by atoms with Crippen molar-refractivity contribution in [2.75, 3.05) is 17.2 Å². The SMILES string of the molecule is CCCNc1ccc(C(=O)Nc2ccc(C)cc2C)cc1. The maximum atomic E-state index is 12.2. The third-order valence-corrected chi connectivity index (χ3v) is 3.36. The molecule has 0 heterocycles. The molecule has 0 saturated heterocycles. The summed E-state index contributed by atoms with van der Waals surface area (Å²) in [7, 11) is 0. The smallest absolute Gasteiger partial charge is 0.255 e. The summed E-state index contributed by atoms with van der Waals surface area (Å²) in [6.45, 7) is 7.10. The first-order valence-electron chi connectivity index (χ1n) is 7.32. The first kappa shape index (κ1) is 15.1. The maximum Gasteiger partial charge on any atom is 0.255 e. The third kappa shape index (κ3) is 4.09. The van der Waals surface area contributed by atoms with Crippen molar-refractivity contribution in [1.29, 1.82) is 0 Å². The van der Waals surface area contributed by atoms with Gasteiger partial charge in [-0.05, 0) is 56.2 Å². The summed E-state index contributed by atoms with van der Waals surface area (Å²) < 4.78 is 0. The predicted octanol–water partition coefficient (Wildman–Crippen LogP) is 4.38. The zero-order valence-corrected chi connectivity index (χ0v) is 12.9. The molecule has 0 aliphatic heterocycles. The normalized spacial score (nSPS) is 10.2. The minimum Gasteiger partial charge on any atom is -0.385 e. The van der Waals surface area contributed by atoms with Gasteiger partial charge in [-0.25, -0.2) is 0 Å². The van der Waals surface area contributed by atoms with Gasteiger partial charge in [-0.2, -0.15) is 0 Å². The van der Waals surface area contributed by atoms with Gasteiger partial charge in [-0.3, -0.25) is 4.79 Å². The van der Waals surface area contributed by atoms with Gasteiger partial charge in [0.1, 0.15) is 0 Å². The highest BCUT2D eigenvalue weighted by Gasteiger charge is 2.07. The second-order valence-corrected chi connectivity index (χ2v) is 5.28. The summed E-state index contributed by atoms with van der Waals surface area (Å²) in [5.74, 6) is -0.0796. The Balaban J connectivity index is 2.06. The molecule has 110 valence electrons. The van der Waals surface area contributed by atoms with Gasteiger partial charge in [0.05, 0.1) is 0 Å². The fraction of sp³-hybridized carbons (Fsp3) is 0.278. The van der Waals surface area contributed by atoms with Crippen LogP contribution in [0.2, 0.25) is 0 Å². The van der Waals surface area contributed by atoms with Gasteiger partial charge in [0.25, 0.3) is 5.91 Å². The van der Waals surface area contributed by atoms with E-state index in [1.807, 2.05) is 50.2 Å². The molecule has 2 N–H and O–H groups in total. The highest BCUT2D eigenvalue weighted by Crippen LogP contribution is 2.17. The van der Waals surface area contributed by atoms with Crippen LogP contribution in [0, 0.1) is 13.8 Å². The number of carbonyl (C=O) groups is 1. The minimum atomic E-state index is -0.0796.